The molecule has 1 N–H and O–H groups in total. The molecule has 29 heavy (non-hydrogen) atoms. The third-order valence-electron chi connectivity index (χ3n) is 5.24. The van der Waals surface area contributed by atoms with Crippen molar-refractivity contribution < 1.29 is 9.18 Å². The van der Waals surface area contributed by atoms with Crippen molar-refractivity contribution in [2.45, 2.75) is 38.6 Å². The summed E-state index contributed by atoms with van der Waals surface area (Å²) in [5, 5.41) is 3.96. The molecule has 3 heterocycles. The molecule has 1 fully saturated rings. The van der Waals surface area contributed by atoms with Crippen molar-refractivity contribution >= 4 is 28.2 Å². The van der Waals surface area contributed by atoms with Crippen LogP contribution in [0.25, 0.3) is 10.4 Å². The minimum Gasteiger partial charge on any atom is -0.340 e. The summed E-state index contributed by atoms with van der Waals surface area (Å²) in [6.07, 6.45) is 7.72. The fraction of sp³-hybridized carbons (Fsp3) is 0.318. The molecule has 1 unspecified atom stereocenters. The number of hydrogen-bond donors (Lipinski definition) is 1. The summed E-state index contributed by atoms with van der Waals surface area (Å²) in [5.41, 5.74) is 2.10. The lowest BCUT2D eigenvalue weighted by Crippen LogP contribution is -2.33. The van der Waals surface area contributed by atoms with Crippen LogP contribution in [0.2, 0.25) is 0 Å². The first-order valence-electron chi connectivity index (χ1n) is 9.79. The minimum atomic E-state index is -0.247. The number of rotatable bonds is 6. The Bertz CT molecular complexity index is 971. The standard InChI is InChI=1S/C22H23FN4OS/c1-15(28)27-12-2-3-19(27)10-4-16-5-11-21(24-13-16)26-22-25-14-20(29-22)17-6-8-18(23)9-7-17/h5-9,11,13-14,19H,2-4,10,12H2,1H3,(H,24,25,26). The van der Waals surface area contributed by atoms with Crippen LogP contribution in [-0.2, 0) is 11.2 Å². The zero-order chi connectivity index (χ0) is 20.2. The zero-order valence-corrected chi connectivity index (χ0v) is 17.1. The third-order valence-corrected chi connectivity index (χ3v) is 6.20. The van der Waals surface area contributed by atoms with Gasteiger partial charge in [-0.2, -0.15) is 0 Å². The van der Waals surface area contributed by atoms with E-state index >= 15 is 0 Å². The summed E-state index contributed by atoms with van der Waals surface area (Å²) in [7, 11) is 0. The van der Waals surface area contributed by atoms with Gasteiger partial charge in [-0.1, -0.05) is 29.5 Å². The number of aromatic nitrogens is 2. The van der Waals surface area contributed by atoms with Crippen molar-refractivity contribution in [3.63, 3.8) is 0 Å². The van der Waals surface area contributed by atoms with Gasteiger partial charge in [0, 0.05) is 31.9 Å². The summed E-state index contributed by atoms with van der Waals surface area (Å²) in [6.45, 7) is 2.54. The molecule has 1 amide bonds. The van der Waals surface area contributed by atoms with E-state index < -0.39 is 0 Å². The van der Waals surface area contributed by atoms with Gasteiger partial charge in [0.15, 0.2) is 5.13 Å². The van der Waals surface area contributed by atoms with E-state index in [0.717, 1.165) is 59.2 Å². The van der Waals surface area contributed by atoms with Gasteiger partial charge in [-0.25, -0.2) is 14.4 Å². The van der Waals surface area contributed by atoms with E-state index in [1.807, 2.05) is 17.2 Å². The molecule has 0 radical (unpaired) electrons. The maximum Gasteiger partial charge on any atom is 0.219 e. The minimum absolute atomic E-state index is 0.175. The van der Waals surface area contributed by atoms with Crippen LogP contribution in [0, 0.1) is 5.82 Å². The molecule has 1 aliphatic heterocycles. The lowest BCUT2D eigenvalue weighted by molar-refractivity contribution is -0.129. The topological polar surface area (TPSA) is 58.1 Å². The number of carbonyl (C=O) groups excluding carboxylic acids is 1. The lowest BCUT2D eigenvalue weighted by atomic mass is 10.0. The van der Waals surface area contributed by atoms with E-state index in [4.69, 9.17) is 0 Å². The Balaban J connectivity index is 1.34. The van der Waals surface area contributed by atoms with Gasteiger partial charge in [-0.05, 0) is 55.0 Å². The lowest BCUT2D eigenvalue weighted by Gasteiger charge is -2.23. The van der Waals surface area contributed by atoms with Crippen molar-refractivity contribution in [1.29, 1.82) is 0 Å². The predicted molar refractivity (Wildman–Crippen MR) is 114 cm³/mol. The van der Waals surface area contributed by atoms with E-state index in [1.165, 1.54) is 23.5 Å². The zero-order valence-electron chi connectivity index (χ0n) is 16.3. The molecule has 4 rings (SSSR count). The molecule has 0 aliphatic carbocycles. The molecule has 7 heteroatoms. The number of amides is 1. The van der Waals surface area contributed by atoms with Crippen LogP contribution in [0.1, 0.15) is 31.7 Å². The van der Waals surface area contributed by atoms with E-state index in [0.29, 0.717) is 6.04 Å². The summed E-state index contributed by atoms with van der Waals surface area (Å²) in [4.78, 5) is 23.5. The van der Waals surface area contributed by atoms with Crippen LogP contribution in [0.4, 0.5) is 15.3 Å². The summed E-state index contributed by atoms with van der Waals surface area (Å²) in [5.74, 6) is 0.663. The fourth-order valence-electron chi connectivity index (χ4n) is 3.72. The van der Waals surface area contributed by atoms with Gasteiger partial charge in [0.2, 0.25) is 5.91 Å². The number of carbonyl (C=O) groups is 1. The van der Waals surface area contributed by atoms with Gasteiger partial charge >= 0.3 is 0 Å². The predicted octanol–water partition coefficient (Wildman–Crippen LogP) is 5.03. The number of pyridine rings is 1. The Kier molecular flexibility index (Phi) is 5.85. The first-order valence-corrected chi connectivity index (χ1v) is 10.6. The van der Waals surface area contributed by atoms with Gasteiger partial charge in [0.05, 0.1) is 4.88 Å². The monoisotopic (exact) mass is 410 g/mol. The van der Waals surface area contributed by atoms with Crippen molar-refractivity contribution in [1.82, 2.24) is 14.9 Å². The van der Waals surface area contributed by atoms with E-state index in [-0.39, 0.29) is 11.7 Å². The highest BCUT2D eigenvalue weighted by atomic mass is 32.1. The molecule has 1 atom stereocenters. The molecule has 150 valence electrons. The maximum atomic E-state index is 13.1. The van der Waals surface area contributed by atoms with E-state index in [1.54, 1.807) is 25.3 Å². The molecule has 3 aromatic rings. The Morgan fingerprint density at radius 3 is 2.76 bits per heavy atom. The second-order valence-electron chi connectivity index (χ2n) is 7.26. The summed E-state index contributed by atoms with van der Waals surface area (Å²) >= 11 is 1.50. The average Bonchev–Trinajstić information content (AvgIpc) is 3.38. The Hall–Kier alpha value is -2.80. The molecule has 5 nitrogen and oxygen atoms in total. The smallest absolute Gasteiger partial charge is 0.219 e. The quantitative estimate of drug-likeness (QED) is 0.619. The van der Waals surface area contributed by atoms with Gasteiger partial charge in [-0.15, -0.1) is 0 Å². The van der Waals surface area contributed by atoms with Crippen LogP contribution in [-0.4, -0.2) is 33.4 Å². The second-order valence-corrected chi connectivity index (χ2v) is 8.29. The summed E-state index contributed by atoms with van der Waals surface area (Å²) in [6, 6.07) is 10.8. The first-order chi connectivity index (χ1) is 14.1. The molecular weight excluding hydrogens is 387 g/mol. The highest BCUT2D eigenvalue weighted by Crippen LogP contribution is 2.30. The molecule has 1 aromatic carbocycles. The van der Waals surface area contributed by atoms with Crippen molar-refractivity contribution in [2.24, 2.45) is 0 Å². The Morgan fingerprint density at radius 1 is 1.21 bits per heavy atom. The van der Waals surface area contributed by atoms with Crippen LogP contribution in [0.15, 0.2) is 48.8 Å². The molecule has 0 saturated carbocycles. The molecule has 0 spiro atoms. The van der Waals surface area contributed by atoms with E-state index in [9.17, 15) is 9.18 Å². The normalized spacial score (nSPS) is 16.2. The molecule has 1 saturated heterocycles. The number of nitrogens with zero attached hydrogens (tertiary/aromatic N) is 3. The number of thiazole rings is 1. The van der Waals surface area contributed by atoms with Crippen LogP contribution >= 0.6 is 11.3 Å². The van der Waals surface area contributed by atoms with Crippen LogP contribution in [0.3, 0.4) is 0 Å². The van der Waals surface area contributed by atoms with Crippen molar-refractivity contribution in [2.75, 3.05) is 11.9 Å². The van der Waals surface area contributed by atoms with Crippen molar-refractivity contribution in [3.8, 4) is 10.4 Å². The fourth-order valence-corrected chi connectivity index (χ4v) is 4.55. The summed E-state index contributed by atoms with van der Waals surface area (Å²) < 4.78 is 13.1. The Labute approximate surface area is 173 Å². The number of nitrogens with one attached hydrogen (secondary N) is 1. The second kappa shape index (κ2) is 8.69. The maximum absolute atomic E-state index is 13.1. The number of hydrogen-bond acceptors (Lipinski definition) is 5. The highest BCUT2D eigenvalue weighted by Gasteiger charge is 2.25. The number of anilines is 2. The SMILES string of the molecule is CC(=O)N1CCCC1CCc1ccc(Nc2ncc(-c3ccc(F)cc3)s2)nc1. The number of benzene rings is 1. The van der Waals surface area contributed by atoms with Gasteiger partial charge < -0.3 is 10.2 Å². The third kappa shape index (κ3) is 4.79. The van der Waals surface area contributed by atoms with Crippen molar-refractivity contribution in [3.05, 3.63) is 60.2 Å². The van der Waals surface area contributed by atoms with E-state index in [2.05, 4.69) is 21.4 Å². The highest BCUT2D eigenvalue weighted by molar-refractivity contribution is 7.18. The number of halogens is 1. The number of aryl methyl sites for hydroxylation is 1. The van der Waals surface area contributed by atoms with Crippen LogP contribution in [0.5, 0.6) is 0 Å². The van der Waals surface area contributed by atoms with Gasteiger partial charge in [-0.3, -0.25) is 4.79 Å². The van der Waals surface area contributed by atoms with Crippen LogP contribution < -0.4 is 5.32 Å². The molecule has 2 aromatic heterocycles. The molecule has 0 bridgehead atoms. The average molecular weight is 411 g/mol. The Morgan fingerprint density at radius 2 is 2.03 bits per heavy atom. The molecular formula is C22H23FN4OS. The first kappa shape index (κ1) is 19.5. The molecule has 1 aliphatic rings. The van der Waals surface area contributed by atoms with Gasteiger partial charge in [0.25, 0.3) is 0 Å². The number of likely N-dealkylation sites (tertiary alicyclic amines) is 1. The largest absolute Gasteiger partial charge is 0.340 e. The van der Waals surface area contributed by atoms with Gasteiger partial charge in [0.1, 0.15) is 11.6 Å².